The molecule has 0 fully saturated rings. The van der Waals surface area contributed by atoms with E-state index < -0.39 is 100 Å². The summed E-state index contributed by atoms with van der Waals surface area (Å²) < 4.78 is 0. The predicted molar refractivity (Wildman–Crippen MR) is 295 cm³/mol. The van der Waals surface area contributed by atoms with Crippen LogP contribution in [0.1, 0.15) is 181 Å². The van der Waals surface area contributed by atoms with Crippen LogP contribution < -0.4 is 47.9 Å². The number of likely N-dealkylation sites (N-methyl/N-ethyl adjacent to an activating group) is 1. The van der Waals surface area contributed by atoms with Crippen molar-refractivity contribution in [2.75, 3.05) is 27.2 Å². The van der Waals surface area contributed by atoms with E-state index in [0.29, 0.717) is 19.4 Å². The van der Waals surface area contributed by atoms with Gasteiger partial charge in [0.25, 0.3) is 0 Å². The van der Waals surface area contributed by atoms with Gasteiger partial charge in [-0.15, -0.1) is 0 Å². The average molecular weight is 1060 g/mol. The summed E-state index contributed by atoms with van der Waals surface area (Å²) in [5.41, 5.74) is -4.75. The molecule has 0 aromatic heterocycles. The first kappa shape index (κ1) is 69.9. The van der Waals surface area contributed by atoms with E-state index in [4.69, 9.17) is 0 Å². The van der Waals surface area contributed by atoms with E-state index in [0.717, 1.165) is 38.5 Å². The maximum atomic E-state index is 14.2. The van der Waals surface area contributed by atoms with Crippen LogP contribution in [0.5, 0.6) is 0 Å². The summed E-state index contributed by atoms with van der Waals surface area (Å²) in [5.74, 6) is -6.26. The zero-order valence-corrected chi connectivity index (χ0v) is 49.2. The number of amides is 9. The Bertz CT molecular complexity index is 1880. The molecule has 10 N–H and O–H groups in total. The fourth-order valence-electron chi connectivity index (χ4n) is 7.81. The molecule has 0 heterocycles. The van der Waals surface area contributed by atoms with E-state index in [1.165, 1.54) is 47.6 Å². The second kappa shape index (κ2) is 33.8. The molecule has 75 heavy (non-hydrogen) atoms. The number of aliphatic hydroxyl groups excluding tert-OH is 1. The van der Waals surface area contributed by atoms with E-state index in [1.807, 2.05) is 67.5 Å². The molecule has 9 amide bonds. The lowest BCUT2D eigenvalue weighted by Gasteiger charge is -2.34. The Morgan fingerprint density at radius 3 is 1.60 bits per heavy atom. The average Bonchev–Trinajstić information content (AvgIpc) is 3.28. The summed E-state index contributed by atoms with van der Waals surface area (Å²) in [4.78, 5) is 124. The summed E-state index contributed by atoms with van der Waals surface area (Å²) in [7, 11) is 3.79. The highest BCUT2D eigenvalue weighted by molar-refractivity contribution is 6.00. The summed E-state index contributed by atoms with van der Waals surface area (Å²) >= 11 is 0. The molecular formula is C55H102N10O10. The van der Waals surface area contributed by atoms with Crippen molar-refractivity contribution in [1.29, 1.82) is 0 Å². The molecule has 0 spiro atoms. The minimum Gasteiger partial charge on any atom is -0.390 e. The number of allylic oxidation sites excluding steroid dienone is 1. The van der Waals surface area contributed by atoms with Gasteiger partial charge in [-0.2, -0.15) is 0 Å². The van der Waals surface area contributed by atoms with Gasteiger partial charge >= 0.3 is 0 Å². The number of carbonyl (C=O) groups is 9. The molecule has 432 valence electrons. The van der Waals surface area contributed by atoms with Gasteiger partial charge in [-0.1, -0.05) is 113 Å². The molecule has 0 aliphatic heterocycles. The second-order valence-corrected chi connectivity index (χ2v) is 23.5. The molecular weight excluding hydrogens is 961 g/mol. The maximum absolute atomic E-state index is 14.2. The van der Waals surface area contributed by atoms with Crippen LogP contribution in [0.15, 0.2) is 12.2 Å². The molecule has 0 radical (unpaired) electrons. The van der Waals surface area contributed by atoms with Crippen molar-refractivity contribution in [3.8, 4) is 0 Å². The van der Waals surface area contributed by atoms with Crippen LogP contribution in [0.2, 0.25) is 0 Å². The molecule has 0 aromatic carbocycles. The fraction of sp³-hybridized carbons (Fsp3) is 0.800. The Kier molecular flexibility index (Phi) is 31.5. The van der Waals surface area contributed by atoms with Gasteiger partial charge < -0.3 is 57.9 Å². The van der Waals surface area contributed by atoms with Gasteiger partial charge in [0.05, 0.1) is 6.10 Å². The number of carbonyl (C=O) groups excluding carboxylic acids is 9. The monoisotopic (exact) mass is 1060 g/mol. The molecule has 0 aliphatic carbocycles. The fourth-order valence-corrected chi connectivity index (χ4v) is 7.81. The summed E-state index contributed by atoms with van der Waals surface area (Å²) in [6.45, 7) is 28.1. The quantitative estimate of drug-likeness (QED) is 0.0319. The van der Waals surface area contributed by atoms with Gasteiger partial charge in [-0.25, -0.2) is 0 Å². The van der Waals surface area contributed by atoms with E-state index in [2.05, 4.69) is 54.8 Å². The van der Waals surface area contributed by atoms with E-state index >= 15 is 0 Å². The Balaban J connectivity index is 6.27. The highest BCUT2D eigenvalue weighted by atomic mass is 16.3. The number of aliphatic hydroxyl groups is 1. The molecule has 0 saturated carbocycles. The number of hydrogen-bond acceptors (Lipinski definition) is 11. The summed E-state index contributed by atoms with van der Waals surface area (Å²) in [5, 5.41) is 35.9. The first-order chi connectivity index (χ1) is 34.6. The molecule has 0 rings (SSSR count). The number of nitrogens with zero attached hydrogens (tertiary/aromatic N) is 1. The molecule has 20 heteroatoms. The third-order valence-corrected chi connectivity index (χ3v) is 12.7. The van der Waals surface area contributed by atoms with Crippen LogP contribution in [0.25, 0.3) is 0 Å². The van der Waals surface area contributed by atoms with Crippen LogP contribution in [-0.2, 0) is 43.2 Å². The third kappa shape index (κ3) is 28.0. The lowest BCUT2D eigenvalue weighted by atomic mass is 9.95. The summed E-state index contributed by atoms with van der Waals surface area (Å²) in [6, 6.07) is -5.00. The van der Waals surface area contributed by atoms with Crippen molar-refractivity contribution in [2.45, 2.75) is 234 Å². The lowest BCUT2D eigenvalue weighted by Crippen LogP contribution is -2.66. The Morgan fingerprint density at radius 1 is 0.560 bits per heavy atom. The normalized spacial score (nSPS) is 15.0. The maximum Gasteiger partial charge on any atom is 0.246 e. The number of hydrogen-bond donors (Lipinski definition) is 10. The van der Waals surface area contributed by atoms with E-state index in [1.54, 1.807) is 19.9 Å². The number of nitrogens with one attached hydrogen (secondary N) is 9. The van der Waals surface area contributed by atoms with Gasteiger partial charge in [0.1, 0.15) is 40.8 Å². The molecule has 0 aliphatic rings. The molecule has 0 saturated heterocycles. The number of rotatable bonds is 36. The van der Waals surface area contributed by atoms with Gasteiger partial charge in [0.15, 0.2) is 0 Å². The van der Waals surface area contributed by atoms with Crippen molar-refractivity contribution >= 4 is 53.2 Å². The van der Waals surface area contributed by atoms with E-state index in [9.17, 15) is 48.3 Å². The van der Waals surface area contributed by atoms with Crippen molar-refractivity contribution in [2.24, 2.45) is 23.7 Å². The van der Waals surface area contributed by atoms with Crippen molar-refractivity contribution in [1.82, 2.24) is 52.8 Å². The second-order valence-electron chi connectivity index (χ2n) is 23.5. The minimum absolute atomic E-state index is 0.0278. The largest absolute Gasteiger partial charge is 0.390 e. The molecule has 0 unspecified atom stereocenters. The van der Waals surface area contributed by atoms with Gasteiger partial charge in [0, 0.05) is 25.6 Å². The zero-order valence-electron chi connectivity index (χ0n) is 49.2. The Labute approximate surface area is 450 Å². The standard InChI is InChI=1S/C55H102N10O10/c1-19-21-22-23-24-25-26-39(58-42(66)28-27-37(9)20-2)46(69)61-44(45(68)36(7)8)49(72)63-54(13,14)51(74)60-40(31-34(3)4)47(70)59-41(32-35(5)6)48(71)62-55(15,16)52(75)64-53(11,12)50(73)56-30-29-43(67)57-38(10)33-65(17)18/h27-28,34-41,44-45,68H,19-26,29-33H2,1-18H3,(H,56,73)(H,57,67)(H,58,66)(H,59,70)(H,60,74)(H,61,69)(H,62,71)(H,63,72)(H,64,75)/b28-27+/t37-,38-,39-,40-,41-,44-,45+/m0/s1. The third-order valence-electron chi connectivity index (χ3n) is 12.7. The van der Waals surface area contributed by atoms with Gasteiger partial charge in [-0.05, 0) is 112 Å². The first-order valence-electron chi connectivity index (χ1n) is 27.4. The first-order valence-corrected chi connectivity index (χ1v) is 27.4. The lowest BCUT2D eigenvalue weighted by molar-refractivity contribution is -0.140. The van der Waals surface area contributed by atoms with Crippen LogP contribution >= 0.6 is 0 Å². The summed E-state index contributed by atoms with van der Waals surface area (Å²) in [6.07, 6.45) is 8.86. The smallest absolute Gasteiger partial charge is 0.246 e. The van der Waals surface area contributed by atoms with Gasteiger partial charge in [0.2, 0.25) is 53.2 Å². The van der Waals surface area contributed by atoms with Crippen molar-refractivity contribution < 1.29 is 48.3 Å². The molecule has 20 nitrogen and oxygen atoms in total. The van der Waals surface area contributed by atoms with Crippen LogP contribution in [0.4, 0.5) is 0 Å². The Morgan fingerprint density at radius 2 is 1.07 bits per heavy atom. The van der Waals surface area contributed by atoms with Crippen molar-refractivity contribution in [3.63, 3.8) is 0 Å². The molecule has 7 atom stereocenters. The van der Waals surface area contributed by atoms with E-state index in [-0.39, 0.29) is 55.5 Å². The van der Waals surface area contributed by atoms with Crippen LogP contribution in [0.3, 0.4) is 0 Å². The minimum atomic E-state index is -1.71. The number of unbranched alkanes of at least 4 members (excludes halogenated alkanes) is 5. The Hall–Kier alpha value is -5.11. The molecule has 0 bridgehead atoms. The predicted octanol–water partition coefficient (Wildman–Crippen LogP) is 3.64. The van der Waals surface area contributed by atoms with Crippen LogP contribution in [0, 0.1) is 23.7 Å². The zero-order chi connectivity index (χ0) is 58.0. The highest BCUT2D eigenvalue weighted by Crippen LogP contribution is 2.16. The van der Waals surface area contributed by atoms with Gasteiger partial charge in [-0.3, -0.25) is 43.2 Å². The van der Waals surface area contributed by atoms with Crippen molar-refractivity contribution in [3.05, 3.63) is 12.2 Å². The van der Waals surface area contributed by atoms with Crippen LogP contribution in [-0.4, -0.2) is 143 Å². The molecule has 0 aromatic rings. The topological polar surface area (TPSA) is 285 Å². The highest BCUT2D eigenvalue weighted by Gasteiger charge is 2.41. The SMILES string of the molecule is CCCCCCCC[C@H](NC(=O)/C=C/[C@@H](C)CC)C(=O)N[C@H](C(=O)NC(C)(C)C(=O)N[C@@H](CC(C)C)C(=O)N[C@@H](CC(C)C)C(=O)NC(C)(C)C(=O)NC(C)(C)C(=O)NCCC(=O)N[C@@H](C)CN(C)C)[C@H](O)C(C)C.